The lowest BCUT2D eigenvalue weighted by Crippen LogP contribution is -2.15. The molecule has 1 N–H and O–H groups in total. The van der Waals surface area contributed by atoms with Gasteiger partial charge in [-0.25, -0.2) is 4.98 Å². The molecule has 1 fully saturated rings. The van der Waals surface area contributed by atoms with Crippen molar-refractivity contribution in [3.8, 4) is 5.75 Å². The van der Waals surface area contributed by atoms with Crippen LogP contribution in [0.5, 0.6) is 5.75 Å². The first-order chi connectivity index (χ1) is 9.79. The minimum Gasteiger partial charge on any atom is -0.493 e. The molecular weight excluding hydrogens is 292 g/mol. The number of halogens is 1. The lowest BCUT2D eigenvalue weighted by molar-refractivity contribution is 0.321. The Morgan fingerprint density at radius 3 is 2.85 bits per heavy atom. The monoisotopic (exact) mass is 308 g/mol. The van der Waals surface area contributed by atoms with Crippen molar-refractivity contribution < 1.29 is 4.74 Å². The number of rotatable bonds is 7. The molecule has 2 aromatic rings. The molecule has 0 unspecified atom stereocenters. The Kier molecular flexibility index (Phi) is 4.55. The Morgan fingerprint density at radius 2 is 2.10 bits per heavy atom. The van der Waals surface area contributed by atoms with E-state index in [4.69, 9.17) is 16.3 Å². The molecular formula is C15H17ClN2OS. The van der Waals surface area contributed by atoms with E-state index in [1.807, 2.05) is 24.3 Å². The molecule has 5 heteroatoms. The second kappa shape index (κ2) is 6.57. The molecule has 0 atom stereocenters. The topological polar surface area (TPSA) is 34.1 Å². The van der Waals surface area contributed by atoms with E-state index in [1.165, 1.54) is 12.8 Å². The molecule has 0 bridgehead atoms. The Bertz CT molecular complexity index is 551. The van der Waals surface area contributed by atoms with Gasteiger partial charge in [-0.2, -0.15) is 0 Å². The van der Waals surface area contributed by atoms with Crippen LogP contribution in [0.15, 0.2) is 29.6 Å². The minimum absolute atomic E-state index is 0.643. The Hall–Kier alpha value is -1.10. The third-order valence-corrected chi connectivity index (χ3v) is 4.36. The van der Waals surface area contributed by atoms with E-state index in [9.17, 15) is 0 Å². The lowest BCUT2D eigenvalue weighted by Gasteiger charge is -2.04. The predicted octanol–water partition coefficient (Wildman–Crippen LogP) is 3.67. The van der Waals surface area contributed by atoms with Gasteiger partial charge in [0, 0.05) is 29.4 Å². The fraction of sp³-hybridized carbons (Fsp3) is 0.400. The summed E-state index contributed by atoms with van der Waals surface area (Å²) in [6.07, 6.45) is 3.47. The van der Waals surface area contributed by atoms with E-state index in [1.54, 1.807) is 11.3 Å². The quantitative estimate of drug-likeness (QED) is 0.847. The zero-order valence-corrected chi connectivity index (χ0v) is 12.7. The van der Waals surface area contributed by atoms with Crippen LogP contribution in [-0.2, 0) is 13.0 Å². The standard InChI is InChI=1S/C15H17ClN2OS/c16-11-1-5-14(6-2-11)19-8-7-15-18-13(10-20-15)9-17-12-3-4-12/h1-2,5-6,10,12,17H,3-4,7-9H2. The van der Waals surface area contributed by atoms with Crippen LogP contribution in [0.3, 0.4) is 0 Å². The van der Waals surface area contributed by atoms with Gasteiger partial charge < -0.3 is 10.1 Å². The summed E-state index contributed by atoms with van der Waals surface area (Å²) in [5.74, 6) is 0.849. The molecule has 106 valence electrons. The van der Waals surface area contributed by atoms with Crippen molar-refractivity contribution in [1.82, 2.24) is 10.3 Å². The SMILES string of the molecule is Clc1ccc(OCCc2nc(CNC3CC3)cs2)cc1. The molecule has 0 amide bonds. The highest BCUT2D eigenvalue weighted by molar-refractivity contribution is 7.09. The summed E-state index contributed by atoms with van der Waals surface area (Å²) in [5, 5.41) is 7.46. The van der Waals surface area contributed by atoms with Crippen LogP contribution in [0.4, 0.5) is 0 Å². The highest BCUT2D eigenvalue weighted by Gasteiger charge is 2.20. The molecule has 0 spiro atoms. The van der Waals surface area contributed by atoms with Gasteiger partial charge in [-0.1, -0.05) is 11.6 Å². The lowest BCUT2D eigenvalue weighted by atomic mass is 10.3. The van der Waals surface area contributed by atoms with E-state index in [-0.39, 0.29) is 0 Å². The number of benzene rings is 1. The molecule has 0 saturated heterocycles. The summed E-state index contributed by atoms with van der Waals surface area (Å²) < 4.78 is 5.67. The summed E-state index contributed by atoms with van der Waals surface area (Å²) in [5.41, 5.74) is 1.14. The number of hydrogen-bond acceptors (Lipinski definition) is 4. The molecule has 1 aliphatic carbocycles. The van der Waals surface area contributed by atoms with Gasteiger partial charge in [0.25, 0.3) is 0 Å². The van der Waals surface area contributed by atoms with Gasteiger partial charge >= 0.3 is 0 Å². The van der Waals surface area contributed by atoms with Crippen LogP contribution in [-0.4, -0.2) is 17.6 Å². The van der Waals surface area contributed by atoms with E-state index in [0.717, 1.165) is 40.5 Å². The normalized spacial score (nSPS) is 14.4. The molecule has 1 aromatic heterocycles. The van der Waals surface area contributed by atoms with Crippen LogP contribution in [0.25, 0.3) is 0 Å². The first-order valence-electron chi connectivity index (χ1n) is 6.84. The van der Waals surface area contributed by atoms with Crippen LogP contribution >= 0.6 is 22.9 Å². The van der Waals surface area contributed by atoms with Crippen molar-refractivity contribution in [1.29, 1.82) is 0 Å². The number of thiazole rings is 1. The van der Waals surface area contributed by atoms with Gasteiger partial charge in [-0.3, -0.25) is 0 Å². The third kappa shape index (κ3) is 4.20. The van der Waals surface area contributed by atoms with Gasteiger partial charge in [-0.15, -0.1) is 11.3 Å². The van der Waals surface area contributed by atoms with E-state index >= 15 is 0 Å². The fourth-order valence-electron chi connectivity index (χ4n) is 1.87. The maximum absolute atomic E-state index is 5.83. The molecule has 1 saturated carbocycles. The largest absolute Gasteiger partial charge is 0.493 e. The molecule has 1 aromatic carbocycles. The predicted molar refractivity (Wildman–Crippen MR) is 82.6 cm³/mol. The second-order valence-electron chi connectivity index (χ2n) is 4.94. The molecule has 0 radical (unpaired) electrons. The van der Waals surface area contributed by atoms with Crippen molar-refractivity contribution >= 4 is 22.9 Å². The number of nitrogens with one attached hydrogen (secondary N) is 1. The third-order valence-electron chi connectivity index (χ3n) is 3.15. The molecule has 1 aliphatic rings. The van der Waals surface area contributed by atoms with Gasteiger partial charge in [0.15, 0.2) is 0 Å². The van der Waals surface area contributed by atoms with Gasteiger partial charge in [0.2, 0.25) is 0 Å². The van der Waals surface area contributed by atoms with Crippen LogP contribution in [0.1, 0.15) is 23.5 Å². The highest BCUT2D eigenvalue weighted by Crippen LogP contribution is 2.20. The maximum atomic E-state index is 5.83. The summed E-state index contributed by atoms with van der Waals surface area (Å²) in [4.78, 5) is 4.61. The summed E-state index contributed by atoms with van der Waals surface area (Å²) in [7, 11) is 0. The zero-order valence-electron chi connectivity index (χ0n) is 11.1. The molecule has 0 aliphatic heterocycles. The van der Waals surface area contributed by atoms with Crippen LogP contribution in [0, 0.1) is 0 Å². The Labute approximate surface area is 127 Å². The molecule has 1 heterocycles. The summed E-state index contributed by atoms with van der Waals surface area (Å²) in [6.45, 7) is 1.53. The van der Waals surface area contributed by atoms with Crippen molar-refractivity contribution in [2.24, 2.45) is 0 Å². The van der Waals surface area contributed by atoms with Gasteiger partial charge in [-0.05, 0) is 37.1 Å². The van der Waals surface area contributed by atoms with Crippen molar-refractivity contribution in [2.45, 2.75) is 31.8 Å². The minimum atomic E-state index is 0.643. The number of aromatic nitrogens is 1. The average Bonchev–Trinajstić information content (AvgIpc) is 3.18. The Balaban J connectivity index is 1.42. The van der Waals surface area contributed by atoms with Crippen molar-refractivity contribution in [3.63, 3.8) is 0 Å². The first-order valence-corrected chi connectivity index (χ1v) is 8.10. The van der Waals surface area contributed by atoms with Crippen LogP contribution < -0.4 is 10.1 Å². The Morgan fingerprint density at radius 1 is 1.30 bits per heavy atom. The average molecular weight is 309 g/mol. The smallest absolute Gasteiger partial charge is 0.119 e. The van der Waals surface area contributed by atoms with Gasteiger partial charge in [0.1, 0.15) is 5.75 Å². The molecule has 3 rings (SSSR count). The van der Waals surface area contributed by atoms with Crippen molar-refractivity contribution in [3.05, 3.63) is 45.4 Å². The first kappa shape index (κ1) is 13.9. The number of ether oxygens (including phenoxy) is 1. The van der Waals surface area contributed by atoms with E-state index in [0.29, 0.717) is 6.61 Å². The zero-order chi connectivity index (χ0) is 13.8. The van der Waals surface area contributed by atoms with E-state index < -0.39 is 0 Å². The van der Waals surface area contributed by atoms with E-state index in [2.05, 4.69) is 15.7 Å². The number of hydrogen-bond donors (Lipinski definition) is 1. The number of nitrogens with zero attached hydrogens (tertiary/aromatic N) is 1. The fourth-order valence-corrected chi connectivity index (χ4v) is 2.77. The highest BCUT2D eigenvalue weighted by atomic mass is 35.5. The molecule has 20 heavy (non-hydrogen) atoms. The summed E-state index contributed by atoms with van der Waals surface area (Å²) in [6, 6.07) is 8.17. The summed E-state index contributed by atoms with van der Waals surface area (Å²) >= 11 is 7.54. The second-order valence-corrected chi connectivity index (χ2v) is 6.32. The van der Waals surface area contributed by atoms with Gasteiger partial charge in [0.05, 0.1) is 17.3 Å². The van der Waals surface area contributed by atoms with Crippen molar-refractivity contribution in [2.75, 3.05) is 6.61 Å². The maximum Gasteiger partial charge on any atom is 0.119 e. The molecule has 3 nitrogen and oxygen atoms in total. The van der Waals surface area contributed by atoms with Crippen LogP contribution in [0.2, 0.25) is 5.02 Å².